The van der Waals surface area contributed by atoms with Crippen LogP contribution in [0.2, 0.25) is 5.02 Å². The largest absolute Gasteiger partial charge is 0.495 e. The summed E-state index contributed by atoms with van der Waals surface area (Å²) >= 11 is 6.15. The number of rotatable bonds is 4. The highest BCUT2D eigenvalue weighted by molar-refractivity contribution is 6.32. The third-order valence-corrected chi connectivity index (χ3v) is 4.13. The van der Waals surface area contributed by atoms with Crippen molar-refractivity contribution >= 4 is 11.6 Å². The quantitative estimate of drug-likeness (QED) is 0.867. The second-order valence-electron chi connectivity index (χ2n) is 4.89. The summed E-state index contributed by atoms with van der Waals surface area (Å²) < 4.78 is 5.19. The van der Waals surface area contributed by atoms with Gasteiger partial charge < -0.3 is 16.2 Å². The first-order valence-corrected chi connectivity index (χ1v) is 6.21. The lowest BCUT2D eigenvalue weighted by Crippen LogP contribution is -2.30. The van der Waals surface area contributed by atoms with Gasteiger partial charge in [-0.1, -0.05) is 11.6 Å². The van der Waals surface area contributed by atoms with Crippen LogP contribution in [0.25, 0.3) is 0 Å². The average molecular weight is 255 g/mol. The summed E-state index contributed by atoms with van der Waals surface area (Å²) in [5.41, 5.74) is 14.4. The number of halogens is 1. The molecule has 2 rings (SSSR count). The molecule has 1 atom stereocenters. The zero-order valence-electron chi connectivity index (χ0n) is 10.3. The molecule has 17 heavy (non-hydrogen) atoms. The molecule has 4 heteroatoms. The molecule has 4 N–H and O–H groups in total. The third kappa shape index (κ3) is 2.15. The number of nitrogens with two attached hydrogens (primary N) is 2. The molecule has 0 saturated heterocycles. The second-order valence-corrected chi connectivity index (χ2v) is 5.29. The number of methoxy groups -OCH3 is 1. The maximum Gasteiger partial charge on any atom is 0.137 e. The van der Waals surface area contributed by atoms with Gasteiger partial charge in [0.2, 0.25) is 0 Å². The van der Waals surface area contributed by atoms with Crippen molar-refractivity contribution in [2.75, 3.05) is 13.7 Å². The van der Waals surface area contributed by atoms with E-state index in [9.17, 15) is 0 Å². The first-order chi connectivity index (χ1) is 8.04. The fourth-order valence-corrected chi connectivity index (χ4v) is 2.54. The van der Waals surface area contributed by atoms with Crippen LogP contribution < -0.4 is 16.2 Å². The van der Waals surface area contributed by atoms with Gasteiger partial charge in [-0.15, -0.1) is 0 Å². The predicted molar refractivity (Wildman–Crippen MR) is 70.4 cm³/mol. The van der Waals surface area contributed by atoms with E-state index in [2.05, 4.69) is 0 Å². The zero-order chi connectivity index (χ0) is 12.6. The van der Waals surface area contributed by atoms with E-state index < -0.39 is 0 Å². The molecule has 1 saturated carbocycles. The minimum absolute atomic E-state index is 0.0316. The standard InChI is InChI=1S/C13H19ClN2O/c1-8-5-11(17-2)10(14)6-9(8)12(16)13(7-15)3-4-13/h5-6,12H,3-4,7,15-16H2,1-2H3. The molecule has 0 bridgehead atoms. The highest BCUT2D eigenvalue weighted by atomic mass is 35.5. The number of ether oxygens (including phenoxy) is 1. The Kier molecular flexibility index (Phi) is 3.34. The van der Waals surface area contributed by atoms with E-state index in [-0.39, 0.29) is 11.5 Å². The fraction of sp³-hybridized carbons (Fsp3) is 0.538. The van der Waals surface area contributed by atoms with Crippen LogP contribution in [0.1, 0.15) is 30.0 Å². The van der Waals surface area contributed by atoms with Crippen molar-refractivity contribution in [2.45, 2.75) is 25.8 Å². The Morgan fingerprint density at radius 1 is 1.47 bits per heavy atom. The van der Waals surface area contributed by atoms with Gasteiger partial charge in [-0.3, -0.25) is 0 Å². The average Bonchev–Trinajstić information content (AvgIpc) is 3.11. The number of hydrogen-bond donors (Lipinski definition) is 2. The van der Waals surface area contributed by atoms with Crippen LogP contribution in [0.15, 0.2) is 12.1 Å². The van der Waals surface area contributed by atoms with Crippen LogP contribution >= 0.6 is 11.6 Å². The molecular weight excluding hydrogens is 236 g/mol. The lowest BCUT2D eigenvalue weighted by atomic mass is 9.88. The molecule has 0 aliphatic heterocycles. The molecule has 0 radical (unpaired) electrons. The summed E-state index contributed by atoms with van der Waals surface area (Å²) in [6, 6.07) is 3.82. The topological polar surface area (TPSA) is 61.3 Å². The molecule has 0 amide bonds. The normalized spacial score (nSPS) is 18.9. The molecule has 1 unspecified atom stereocenters. The van der Waals surface area contributed by atoms with Gasteiger partial charge in [-0.05, 0) is 49.6 Å². The molecule has 1 aliphatic rings. The lowest BCUT2D eigenvalue weighted by Gasteiger charge is -2.24. The Morgan fingerprint density at radius 3 is 2.59 bits per heavy atom. The highest BCUT2D eigenvalue weighted by Gasteiger charge is 2.47. The molecule has 1 aromatic rings. The van der Waals surface area contributed by atoms with Gasteiger partial charge in [-0.2, -0.15) is 0 Å². The van der Waals surface area contributed by atoms with Crippen LogP contribution in [-0.2, 0) is 0 Å². The molecule has 0 spiro atoms. The van der Waals surface area contributed by atoms with Gasteiger partial charge in [-0.25, -0.2) is 0 Å². The van der Waals surface area contributed by atoms with Gasteiger partial charge >= 0.3 is 0 Å². The number of benzene rings is 1. The fourth-order valence-electron chi connectivity index (χ4n) is 2.29. The molecule has 1 fully saturated rings. The Balaban J connectivity index is 2.36. The van der Waals surface area contributed by atoms with E-state index in [0.29, 0.717) is 17.3 Å². The SMILES string of the molecule is COc1cc(C)c(C(N)C2(CN)CC2)cc1Cl. The van der Waals surface area contributed by atoms with E-state index >= 15 is 0 Å². The monoisotopic (exact) mass is 254 g/mol. The second kappa shape index (κ2) is 4.48. The third-order valence-electron chi connectivity index (χ3n) is 3.83. The number of hydrogen-bond acceptors (Lipinski definition) is 3. The van der Waals surface area contributed by atoms with Crippen molar-refractivity contribution < 1.29 is 4.74 Å². The Bertz CT molecular complexity index is 430. The summed E-state index contributed by atoms with van der Waals surface area (Å²) in [6.45, 7) is 2.66. The van der Waals surface area contributed by atoms with E-state index in [1.54, 1.807) is 7.11 Å². The molecule has 1 aromatic carbocycles. The summed E-state index contributed by atoms with van der Waals surface area (Å²) in [5, 5.41) is 0.608. The molecule has 0 aromatic heterocycles. The van der Waals surface area contributed by atoms with Crippen molar-refractivity contribution in [2.24, 2.45) is 16.9 Å². The number of aryl methyl sites for hydroxylation is 1. The van der Waals surface area contributed by atoms with E-state index in [0.717, 1.165) is 24.0 Å². The minimum Gasteiger partial charge on any atom is -0.495 e. The minimum atomic E-state index is -0.0316. The van der Waals surface area contributed by atoms with Crippen LogP contribution in [-0.4, -0.2) is 13.7 Å². The van der Waals surface area contributed by atoms with Gasteiger partial charge in [0, 0.05) is 11.5 Å². The van der Waals surface area contributed by atoms with Gasteiger partial charge in [0.1, 0.15) is 5.75 Å². The summed E-state index contributed by atoms with van der Waals surface area (Å²) in [6.07, 6.45) is 2.21. The lowest BCUT2D eigenvalue weighted by molar-refractivity contribution is 0.408. The van der Waals surface area contributed by atoms with Gasteiger partial charge in [0.15, 0.2) is 0 Å². The molecule has 0 heterocycles. The molecule has 3 nitrogen and oxygen atoms in total. The van der Waals surface area contributed by atoms with Crippen molar-refractivity contribution in [3.05, 3.63) is 28.3 Å². The molecule has 1 aliphatic carbocycles. The van der Waals surface area contributed by atoms with Gasteiger partial charge in [0.05, 0.1) is 12.1 Å². The first kappa shape index (κ1) is 12.7. The summed E-state index contributed by atoms with van der Waals surface area (Å²) in [5.74, 6) is 0.692. The van der Waals surface area contributed by atoms with Crippen molar-refractivity contribution in [1.29, 1.82) is 0 Å². The Hall–Kier alpha value is -0.770. The molecule has 94 valence electrons. The van der Waals surface area contributed by atoms with Crippen LogP contribution in [0.3, 0.4) is 0 Å². The Morgan fingerprint density at radius 2 is 2.12 bits per heavy atom. The van der Waals surface area contributed by atoms with E-state index in [4.69, 9.17) is 27.8 Å². The van der Waals surface area contributed by atoms with Crippen LogP contribution in [0, 0.1) is 12.3 Å². The summed E-state index contributed by atoms with van der Waals surface area (Å²) in [4.78, 5) is 0. The van der Waals surface area contributed by atoms with E-state index in [1.807, 2.05) is 19.1 Å². The predicted octanol–water partition coefficient (Wildman–Crippen LogP) is 2.40. The highest BCUT2D eigenvalue weighted by Crippen LogP contribution is 2.53. The smallest absolute Gasteiger partial charge is 0.137 e. The maximum atomic E-state index is 6.33. The van der Waals surface area contributed by atoms with Crippen LogP contribution in [0.4, 0.5) is 0 Å². The maximum absolute atomic E-state index is 6.33. The van der Waals surface area contributed by atoms with Crippen molar-refractivity contribution in [3.63, 3.8) is 0 Å². The van der Waals surface area contributed by atoms with Crippen molar-refractivity contribution in [3.8, 4) is 5.75 Å². The van der Waals surface area contributed by atoms with Gasteiger partial charge in [0.25, 0.3) is 0 Å². The van der Waals surface area contributed by atoms with Crippen molar-refractivity contribution in [1.82, 2.24) is 0 Å². The van der Waals surface area contributed by atoms with Crippen LogP contribution in [0.5, 0.6) is 5.75 Å². The van der Waals surface area contributed by atoms with E-state index in [1.165, 1.54) is 0 Å². The summed E-state index contributed by atoms with van der Waals surface area (Å²) in [7, 11) is 1.61. The molecular formula is C13H19ClN2O. The first-order valence-electron chi connectivity index (χ1n) is 5.84. The Labute approximate surface area is 107 Å². The zero-order valence-corrected chi connectivity index (χ0v) is 11.1.